The number of methoxy groups -OCH3 is 1. The topological polar surface area (TPSA) is 75.7 Å². The largest absolute Gasteiger partial charge is 0.468 e. The van der Waals surface area contributed by atoms with Gasteiger partial charge in [0.15, 0.2) is 5.25 Å². The fourth-order valence-electron chi connectivity index (χ4n) is 1.69. The molecule has 1 unspecified atom stereocenters. The van der Waals surface area contributed by atoms with Gasteiger partial charge in [0.05, 0.1) is 7.11 Å². The lowest BCUT2D eigenvalue weighted by molar-refractivity contribution is -0.139. The Bertz CT molecular complexity index is 355. The van der Waals surface area contributed by atoms with Crippen LogP contribution < -0.4 is 5.32 Å². The Labute approximate surface area is 96.0 Å². The number of carbonyl (C=O) groups is 1. The minimum Gasteiger partial charge on any atom is -0.468 e. The molecule has 0 saturated carbocycles. The summed E-state index contributed by atoms with van der Waals surface area (Å²) in [5, 5.41) is 1.96. The van der Waals surface area contributed by atoms with Gasteiger partial charge in [0.1, 0.15) is 0 Å². The van der Waals surface area contributed by atoms with Crippen LogP contribution in [-0.4, -0.2) is 56.7 Å². The van der Waals surface area contributed by atoms with E-state index in [1.807, 2.05) is 6.92 Å². The minimum absolute atomic E-state index is 0.133. The zero-order chi connectivity index (χ0) is 12.3. The maximum absolute atomic E-state index is 12.1. The van der Waals surface area contributed by atoms with Crippen molar-refractivity contribution >= 4 is 16.0 Å². The highest BCUT2D eigenvalue weighted by Gasteiger charge is 2.37. The molecule has 0 radical (unpaired) electrons. The normalized spacial score (nSPS) is 25.1. The Kier molecular flexibility index (Phi) is 4.28. The van der Waals surface area contributed by atoms with Crippen molar-refractivity contribution in [3.8, 4) is 0 Å². The lowest BCUT2D eigenvalue weighted by atomic mass is 10.3. The first-order chi connectivity index (χ1) is 7.41. The van der Waals surface area contributed by atoms with E-state index in [9.17, 15) is 13.2 Å². The van der Waals surface area contributed by atoms with Crippen LogP contribution in [0.3, 0.4) is 0 Å². The fraction of sp³-hybridized carbons (Fsp3) is 0.889. The average Bonchev–Trinajstić information content (AvgIpc) is 2.27. The first-order valence-corrected chi connectivity index (χ1v) is 6.70. The Hall–Kier alpha value is -0.660. The molecule has 16 heavy (non-hydrogen) atoms. The fourth-order valence-corrected chi connectivity index (χ4v) is 3.36. The zero-order valence-corrected chi connectivity index (χ0v) is 10.6. The Morgan fingerprint density at radius 1 is 1.56 bits per heavy atom. The van der Waals surface area contributed by atoms with Gasteiger partial charge in [-0.3, -0.25) is 4.79 Å². The first kappa shape index (κ1) is 13.4. The van der Waals surface area contributed by atoms with Crippen molar-refractivity contribution in [2.45, 2.75) is 25.1 Å². The number of nitrogens with one attached hydrogen (secondary N) is 1. The lowest BCUT2D eigenvalue weighted by Gasteiger charge is -2.34. The molecule has 1 aliphatic rings. The van der Waals surface area contributed by atoms with Crippen LogP contribution in [0.5, 0.6) is 0 Å². The smallest absolute Gasteiger partial charge is 0.325 e. The van der Waals surface area contributed by atoms with Gasteiger partial charge in [-0.05, 0) is 13.8 Å². The molecule has 0 spiro atoms. The second kappa shape index (κ2) is 5.11. The monoisotopic (exact) mass is 250 g/mol. The lowest BCUT2D eigenvalue weighted by Crippen LogP contribution is -2.55. The molecule has 1 fully saturated rings. The molecule has 94 valence electrons. The molecular weight excluding hydrogens is 232 g/mol. The van der Waals surface area contributed by atoms with E-state index < -0.39 is 21.2 Å². The molecule has 2 atom stereocenters. The molecule has 1 saturated heterocycles. The number of esters is 1. The number of ether oxygens (including phenoxy) is 1. The van der Waals surface area contributed by atoms with Gasteiger partial charge in [0.25, 0.3) is 0 Å². The second-order valence-corrected chi connectivity index (χ2v) is 6.08. The molecule has 1 rings (SSSR count). The first-order valence-electron chi connectivity index (χ1n) is 5.20. The number of sulfonamides is 1. The Balaban J connectivity index is 2.87. The number of carbonyl (C=O) groups excluding carboxylic acids is 1. The Morgan fingerprint density at radius 3 is 2.69 bits per heavy atom. The molecule has 1 heterocycles. The number of rotatable bonds is 3. The van der Waals surface area contributed by atoms with Gasteiger partial charge >= 0.3 is 5.97 Å². The van der Waals surface area contributed by atoms with E-state index in [2.05, 4.69) is 10.1 Å². The minimum atomic E-state index is -3.60. The predicted octanol–water partition coefficient (Wildman–Crippen LogP) is -0.829. The molecule has 0 amide bonds. The molecule has 7 heteroatoms. The summed E-state index contributed by atoms with van der Waals surface area (Å²) in [5.74, 6) is -0.717. The van der Waals surface area contributed by atoms with E-state index in [4.69, 9.17) is 0 Å². The third-order valence-corrected chi connectivity index (χ3v) is 5.03. The summed E-state index contributed by atoms with van der Waals surface area (Å²) < 4.78 is 30.0. The van der Waals surface area contributed by atoms with Crippen molar-refractivity contribution in [3.05, 3.63) is 0 Å². The molecule has 1 N–H and O–H groups in total. The quantitative estimate of drug-likeness (QED) is 0.662. The number of hydrogen-bond donors (Lipinski definition) is 1. The maximum Gasteiger partial charge on any atom is 0.325 e. The predicted molar refractivity (Wildman–Crippen MR) is 59.4 cm³/mol. The molecule has 0 aliphatic carbocycles. The van der Waals surface area contributed by atoms with Gasteiger partial charge in [-0.2, -0.15) is 4.31 Å². The van der Waals surface area contributed by atoms with Crippen molar-refractivity contribution in [1.29, 1.82) is 0 Å². The molecular formula is C9H18N2O4S. The van der Waals surface area contributed by atoms with Crippen LogP contribution in [0.1, 0.15) is 13.8 Å². The van der Waals surface area contributed by atoms with Crippen LogP contribution in [0.2, 0.25) is 0 Å². The molecule has 6 nitrogen and oxygen atoms in total. The van der Waals surface area contributed by atoms with E-state index in [1.165, 1.54) is 18.3 Å². The molecule has 0 aromatic rings. The second-order valence-electron chi connectivity index (χ2n) is 3.87. The summed E-state index contributed by atoms with van der Waals surface area (Å²) >= 11 is 0. The van der Waals surface area contributed by atoms with Crippen LogP contribution in [-0.2, 0) is 19.6 Å². The van der Waals surface area contributed by atoms with Crippen molar-refractivity contribution in [3.63, 3.8) is 0 Å². The van der Waals surface area contributed by atoms with Crippen LogP contribution in [0.4, 0.5) is 0 Å². The highest BCUT2D eigenvalue weighted by Crippen LogP contribution is 2.15. The average molecular weight is 250 g/mol. The number of hydrogen-bond acceptors (Lipinski definition) is 5. The van der Waals surface area contributed by atoms with E-state index in [0.29, 0.717) is 19.6 Å². The third-order valence-electron chi connectivity index (χ3n) is 2.75. The van der Waals surface area contributed by atoms with Crippen molar-refractivity contribution in [2.24, 2.45) is 0 Å². The van der Waals surface area contributed by atoms with Crippen LogP contribution in [0, 0.1) is 0 Å². The number of nitrogens with zero attached hydrogens (tertiary/aromatic N) is 1. The van der Waals surface area contributed by atoms with Crippen molar-refractivity contribution in [2.75, 3.05) is 26.7 Å². The summed E-state index contributed by atoms with van der Waals surface area (Å²) in [6.07, 6.45) is 0. The molecule has 1 aliphatic heterocycles. The van der Waals surface area contributed by atoms with Gasteiger partial charge < -0.3 is 10.1 Å². The van der Waals surface area contributed by atoms with E-state index in [-0.39, 0.29) is 6.04 Å². The van der Waals surface area contributed by atoms with E-state index in [0.717, 1.165) is 0 Å². The van der Waals surface area contributed by atoms with Gasteiger partial charge in [0.2, 0.25) is 10.0 Å². The van der Waals surface area contributed by atoms with Crippen molar-refractivity contribution < 1.29 is 17.9 Å². The molecule has 0 aromatic heterocycles. The van der Waals surface area contributed by atoms with Gasteiger partial charge in [-0.1, -0.05) is 0 Å². The summed E-state index contributed by atoms with van der Waals surface area (Å²) in [6.45, 7) is 4.78. The molecule has 0 bridgehead atoms. The van der Waals surface area contributed by atoms with Gasteiger partial charge in [-0.15, -0.1) is 0 Å². The van der Waals surface area contributed by atoms with Gasteiger partial charge in [-0.25, -0.2) is 8.42 Å². The van der Waals surface area contributed by atoms with Crippen LogP contribution in [0.15, 0.2) is 0 Å². The summed E-state index contributed by atoms with van der Waals surface area (Å²) in [4.78, 5) is 11.3. The zero-order valence-electron chi connectivity index (χ0n) is 9.76. The highest BCUT2D eigenvalue weighted by atomic mass is 32.2. The maximum atomic E-state index is 12.1. The molecule has 0 aromatic carbocycles. The third kappa shape index (κ3) is 2.53. The van der Waals surface area contributed by atoms with E-state index >= 15 is 0 Å². The van der Waals surface area contributed by atoms with Crippen molar-refractivity contribution in [1.82, 2.24) is 9.62 Å². The summed E-state index contributed by atoms with van der Waals surface area (Å²) in [7, 11) is -2.41. The highest BCUT2D eigenvalue weighted by molar-refractivity contribution is 7.90. The summed E-state index contributed by atoms with van der Waals surface area (Å²) in [6, 6.07) is -0.133. The Morgan fingerprint density at radius 2 is 2.19 bits per heavy atom. The van der Waals surface area contributed by atoms with E-state index in [1.54, 1.807) is 0 Å². The SMILES string of the molecule is COC(=O)C(C)S(=O)(=O)N1CCNC[C@@H]1C. The number of piperazine rings is 1. The van der Waals surface area contributed by atoms with Crippen LogP contribution >= 0.6 is 0 Å². The summed E-state index contributed by atoms with van der Waals surface area (Å²) in [5.41, 5.74) is 0. The van der Waals surface area contributed by atoms with Crippen LogP contribution in [0.25, 0.3) is 0 Å². The standard InChI is InChI=1S/C9H18N2O4S/c1-7-6-10-4-5-11(7)16(13,14)8(2)9(12)15-3/h7-8,10H,4-6H2,1-3H3/t7-,8?/m0/s1. The van der Waals surface area contributed by atoms with Gasteiger partial charge in [0, 0.05) is 25.7 Å².